The predicted octanol–water partition coefficient (Wildman–Crippen LogP) is 3.74. The lowest BCUT2D eigenvalue weighted by molar-refractivity contribution is 0.272. The van der Waals surface area contributed by atoms with Crippen LogP contribution in [0.5, 0.6) is 5.75 Å². The Morgan fingerprint density at radius 2 is 1.96 bits per heavy atom. The second kappa shape index (κ2) is 6.24. The highest BCUT2D eigenvalue weighted by molar-refractivity contribution is 5.82. The largest absolute Gasteiger partial charge is 0.507 e. The Morgan fingerprint density at radius 1 is 1.22 bits per heavy atom. The molecular formula is C18H15N3O2. The molecule has 5 nitrogen and oxygen atoms in total. The third-order valence-electron chi connectivity index (χ3n) is 3.42. The molecule has 0 aliphatic heterocycles. The van der Waals surface area contributed by atoms with Gasteiger partial charge in [-0.05, 0) is 31.2 Å². The number of fused-ring (bicyclic) bond motifs is 1. The first-order valence-electron chi connectivity index (χ1n) is 7.14. The van der Waals surface area contributed by atoms with Crippen molar-refractivity contribution in [1.29, 1.82) is 5.26 Å². The molecule has 0 amide bonds. The summed E-state index contributed by atoms with van der Waals surface area (Å²) < 4.78 is 5.50. The van der Waals surface area contributed by atoms with Crippen molar-refractivity contribution < 1.29 is 9.84 Å². The number of H-pyrrole nitrogens is 1. The van der Waals surface area contributed by atoms with Crippen LogP contribution >= 0.6 is 0 Å². The summed E-state index contributed by atoms with van der Waals surface area (Å²) in [6.45, 7) is 1.89. The predicted molar refractivity (Wildman–Crippen MR) is 87.9 cm³/mol. The van der Waals surface area contributed by atoms with Gasteiger partial charge in [0.05, 0.1) is 11.0 Å². The minimum atomic E-state index is -0.160. The number of allylic oxidation sites excluding steroid dienone is 1. The summed E-state index contributed by atoms with van der Waals surface area (Å²) in [5.41, 5.74) is 2.75. The number of aliphatic hydroxyl groups excluding tert-OH is 1. The van der Waals surface area contributed by atoms with Crippen molar-refractivity contribution in [2.75, 3.05) is 6.61 Å². The average molecular weight is 305 g/mol. The molecule has 0 saturated carbocycles. The van der Waals surface area contributed by atoms with Crippen LogP contribution in [-0.2, 0) is 0 Å². The summed E-state index contributed by atoms with van der Waals surface area (Å²) in [4.78, 5) is 7.35. The second-order valence-electron chi connectivity index (χ2n) is 5.14. The molecule has 0 saturated heterocycles. The van der Waals surface area contributed by atoms with E-state index in [1.54, 1.807) is 0 Å². The van der Waals surface area contributed by atoms with Crippen LogP contribution in [0.3, 0.4) is 0 Å². The number of ether oxygens (including phenoxy) is 1. The fourth-order valence-corrected chi connectivity index (χ4v) is 2.18. The number of hydrogen-bond acceptors (Lipinski definition) is 4. The monoisotopic (exact) mass is 305 g/mol. The number of imidazole rings is 1. The maximum Gasteiger partial charge on any atom is 0.152 e. The topological polar surface area (TPSA) is 81.9 Å². The van der Waals surface area contributed by atoms with E-state index in [1.165, 1.54) is 0 Å². The summed E-state index contributed by atoms with van der Waals surface area (Å²) in [5, 5.41) is 19.5. The zero-order valence-electron chi connectivity index (χ0n) is 12.6. The van der Waals surface area contributed by atoms with Gasteiger partial charge >= 0.3 is 0 Å². The van der Waals surface area contributed by atoms with Crippen LogP contribution in [0.2, 0.25) is 0 Å². The number of aryl methyl sites for hydroxylation is 1. The van der Waals surface area contributed by atoms with Crippen LogP contribution < -0.4 is 4.74 Å². The van der Waals surface area contributed by atoms with Crippen LogP contribution in [0.15, 0.2) is 54.3 Å². The van der Waals surface area contributed by atoms with Crippen molar-refractivity contribution in [3.8, 4) is 11.8 Å². The number of nitriles is 1. The third kappa shape index (κ3) is 3.16. The first kappa shape index (κ1) is 14.7. The number of hydrogen-bond donors (Lipinski definition) is 2. The third-order valence-corrected chi connectivity index (χ3v) is 3.42. The number of para-hydroxylation sites is 2. The first-order valence-corrected chi connectivity index (χ1v) is 7.14. The van der Waals surface area contributed by atoms with Crippen molar-refractivity contribution >= 4 is 16.6 Å². The van der Waals surface area contributed by atoms with E-state index in [4.69, 9.17) is 4.74 Å². The van der Waals surface area contributed by atoms with Gasteiger partial charge in [-0.1, -0.05) is 29.8 Å². The highest BCUT2D eigenvalue weighted by Gasteiger charge is 2.13. The molecule has 114 valence electrons. The SMILES string of the molecule is Cc1ccc(OCC(O)=C(C#N)c2nc3ccccc3[nH]2)cc1. The van der Waals surface area contributed by atoms with Crippen molar-refractivity contribution in [2.24, 2.45) is 0 Å². The Balaban J connectivity index is 1.84. The van der Waals surface area contributed by atoms with E-state index in [0.29, 0.717) is 11.6 Å². The molecule has 23 heavy (non-hydrogen) atoms. The number of aliphatic hydroxyl groups is 1. The lowest BCUT2D eigenvalue weighted by atomic mass is 10.2. The van der Waals surface area contributed by atoms with Gasteiger partial charge in [0.15, 0.2) is 11.6 Å². The molecule has 5 heteroatoms. The van der Waals surface area contributed by atoms with Gasteiger partial charge in [0.25, 0.3) is 0 Å². The summed E-state index contributed by atoms with van der Waals surface area (Å²) >= 11 is 0. The van der Waals surface area contributed by atoms with Crippen molar-refractivity contribution in [3.63, 3.8) is 0 Å². The molecule has 2 N–H and O–H groups in total. The Morgan fingerprint density at radius 3 is 2.65 bits per heavy atom. The number of aromatic nitrogens is 2. The molecular weight excluding hydrogens is 290 g/mol. The molecule has 3 aromatic rings. The Bertz CT molecular complexity index is 869. The Kier molecular flexibility index (Phi) is 3.98. The number of benzene rings is 2. The molecule has 0 unspecified atom stereocenters. The molecule has 0 bridgehead atoms. The minimum Gasteiger partial charge on any atom is -0.507 e. The molecule has 0 fully saturated rings. The van der Waals surface area contributed by atoms with Gasteiger partial charge in [-0.2, -0.15) is 5.26 Å². The van der Waals surface area contributed by atoms with Gasteiger partial charge in [0, 0.05) is 0 Å². The van der Waals surface area contributed by atoms with Crippen molar-refractivity contribution in [3.05, 3.63) is 65.7 Å². The van der Waals surface area contributed by atoms with Crippen LogP contribution in [0, 0.1) is 18.3 Å². The van der Waals surface area contributed by atoms with Gasteiger partial charge in [-0.25, -0.2) is 4.98 Å². The number of nitrogens with one attached hydrogen (secondary N) is 1. The standard InChI is InChI=1S/C18H15N3O2/c1-12-6-8-13(9-7-12)23-11-17(22)14(10-19)18-20-15-4-2-3-5-16(15)21-18/h2-9,22H,11H2,1H3,(H,20,21). The summed E-state index contributed by atoms with van der Waals surface area (Å²) in [7, 11) is 0. The van der Waals surface area contributed by atoms with Crippen LogP contribution in [0.1, 0.15) is 11.4 Å². The van der Waals surface area contributed by atoms with Crippen molar-refractivity contribution in [1.82, 2.24) is 9.97 Å². The van der Waals surface area contributed by atoms with Crippen LogP contribution in [0.4, 0.5) is 0 Å². The molecule has 0 radical (unpaired) electrons. The molecule has 2 aromatic carbocycles. The van der Waals surface area contributed by atoms with Gasteiger partial charge in [0.1, 0.15) is 24.0 Å². The quantitative estimate of drug-likeness (QED) is 0.568. The van der Waals surface area contributed by atoms with Gasteiger partial charge in [-0.15, -0.1) is 0 Å². The van der Waals surface area contributed by atoms with Gasteiger partial charge in [-0.3, -0.25) is 0 Å². The first-order chi connectivity index (χ1) is 11.2. The maximum atomic E-state index is 10.2. The van der Waals surface area contributed by atoms with E-state index in [9.17, 15) is 10.4 Å². The second-order valence-corrected chi connectivity index (χ2v) is 5.14. The van der Waals surface area contributed by atoms with E-state index < -0.39 is 0 Å². The normalized spacial score (nSPS) is 11.8. The molecule has 3 rings (SSSR count). The smallest absolute Gasteiger partial charge is 0.152 e. The molecule has 0 aliphatic carbocycles. The van der Waals surface area contributed by atoms with E-state index in [1.807, 2.05) is 61.5 Å². The molecule has 0 aliphatic rings. The lowest BCUT2D eigenvalue weighted by Gasteiger charge is -2.06. The maximum absolute atomic E-state index is 10.2. The molecule has 0 atom stereocenters. The zero-order chi connectivity index (χ0) is 16.2. The number of aromatic amines is 1. The molecule has 0 spiro atoms. The highest BCUT2D eigenvalue weighted by Crippen LogP contribution is 2.19. The fraction of sp³-hybridized carbons (Fsp3) is 0.111. The van der Waals surface area contributed by atoms with E-state index in [0.717, 1.165) is 16.6 Å². The van der Waals surface area contributed by atoms with Gasteiger partial charge < -0.3 is 14.8 Å². The highest BCUT2D eigenvalue weighted by atomic mass is 16.5. The molecule has 1 aromatic heterocycles. The Labute approximate surface area is 133 Å². The number of rotatable bonds is 4. The van der Waals surface area contributed by atoms with Crippen molar-refractivity contribution in [2.45, 2.75) is 6.92 Å². The summed E-state index contributed by atoms with van der Waals surface area (Å²) in [6, 6.07) is 16.9. The van der Waals surface area contributed by atoms with E-state index >= 15 is 0 Å². The van der Waals surface area contributed by atoms with Gasteiger partial charge in [0.2, 0.25) is 0 Å². The van der Waals surface area contributed by atoms with Crippen LogP contribution in [-0.4, -0.2) is 21.7 Å². The number of nitrogens with zero attached hydrogens (tertiary/aromatic N) is 2. The van der Waals surface area contributed by atoms with Crippen LogP contribution in [0.25, 0.3) is 16.6 Å². The average Bonchev–Trinajstić information content (AvgIpc) is 2.98. The summed E-state index contributed by atoms with van der Waals surface area (Å²) in [5.74, 6) is 0.801. The minimum absolute atomic E-state index is 0.0771. The Hall–Kier alpha value is -3.26. The zero-order valence-corrected chi connectivity index (χ0v) is 12.6. The fourth-order valence-electron chi connectivity index (χ4n) is 2.18. The van der Waals surface area contributed by atoms with E-state index in [2.05, 4.69) is 9.97 Å². The van der Waals surface area contributed by atoms with E-state index in [-0.39, 0.29) is 17.9 Å². The lowest BCUT2D eigenvalue weighted by Crippen LogP contribution is -2.04. The molecule has 1 heterocycles. The summed E-state index contributed by atoms with van der Waals surface area (Å²) in [6.07, 6.45) is 0.